The molecule has 0 aliphatic carbocycles. The van der Waals surface area contributed by atoms with Crippen LogP contribution >= 0.6 is 0 Å². The summed E-state index contributed by atoms with van der Waals surface area (Å²) in [5.41, 5.74) is 10.0. The highest BCUT2D eigenvalue weighted by Gasteiger charge is 2.06. The van der Waals surface area contributed by atoms with Crippen LogP contribution in [0.3, 0.4) is 0 Å². The zero-order valence-corrected chi connectivity index (χ0v) is 9.82. The Morgan fingerprint density at radius 3 is 2.19 bits per heavy atom. The fourth-order valence-corrected chi connectivity index (χ4v) is 1.94. The lowest BCUT2D eigenvalue weighted by Crippen LogP contribution is -2.00. The Bertz CT molecular complexity index is 495. The Balaban J connectivity index is 2.53. The van der Waals surface area contributed by atoms with Crippen molar-refractivity contribution in [3.63, 3.8) is 0 Å². The van der Waals surface area contributed by atoms with Crippen LogP contribution in [0.15, 0.2) is 30.3 Å². The van der Waals surface area contributed by atoms with Gasteiger partial charge in [-0.05, 0) is 44.2 Å². The van der Waals surface area contributed by atoms with Gasteiger partial charge in [-0.15, -0.1) is 0 Å². The first-order valence-corrected chi connectivity index (χ1v) is 5.22. The Labute approximate surface area is 95.5 Å². The van der Waals surface area contributed by atoms with Gasteiger partial charge < -0.3 is 15.0 Å². The molecule has 2 N–H and O–H groups in total. The quantitative estimate of drug-likeness (QED) is 0.784. The molecule has 0 amide bonds. The van der Waals surface area contributed by atoms with E-state index in [1.54, 1.807) is 7.11 Å². The van der Waals surface area contributed by atoms with Crippen molar-refractivity contribution >= 4 is 5.69 Å². The molecular weight excluding hydrogens is 200 g/mol. The molecule has 3 nitrogen and oxygen atoms in total. The van der Waals surface area contributed by atoms with E-state index >= 15 is 0 Å². The zero-order chi connectivity index (χ0) is 11.7. The van der Waals surface area contributed by atoms with Crippen LogP contribution in [0.5, 0.6) is 5.75 Å². The molecule has 0 saturated carbocycles. The monoisotopic (exact) mass is 216 g/mol. The van der Waals surface area contributed by atoms with Gasteiger partial charge >= 0.3 is 0 Å². The first kappa shape index (κ1) is 10.6. The number of nitrogen functional groups attached to an aromatic ring is 1. The number of aromatic nitrogens is 1. The van der Waals surface area contributed by atoms with Gasteiger partial charge in [0.1, 0.15) is 5.75 Å². The molecule has 0 saturated heterocycles. The van der Waals surface area contributed by atoms with E-state index in [2.05, 4.69) is 30.5 Å². The standard InChI is InChI=1S/C13H16N2O/c1-9-4-5-10(2)15(9)11-6-7-13(16-3)12(14)8-11/h4-8H,14H2,1-3H3. The van der Waals surface area contributed by atoms with Crippen LogP contribution in [0.1, 0.15) is 11.4 Å². The summed E-state index contributed by atoms with van der Waals surface area (Å²) in [6, 6.07) is 10.0. The van der Waals surface area contributed by atoms with E-state index in [9.17, 15) is 0 Å². The number of methoxy groups -OCH3 is 1. The van der Waals surface area contributed by atoms with Crippen molar-refractivity contribution in [2.75, 3.05) is 12.8 Å². The number of benzene rings is 1. The summed E-state index contributed by atoms with van der Waals surface area (Å²) in [5.74, 6) is 0.714. The predicted molar refractivity (Wildman–Crippen MR) is 66.2 cm³/mol. The molecule has 2 aromatic rings. The van der Waals surface area contributed by atoms with Crippen LogP contribution in [-0.4, -0.2) is 11.7 Å². The molecule has 0 unspecified atom stereocenters. The van der Waals surface area contributed by atoms with Crippen molar-refractivity contribution in [3.05, 3.63) is 41.7 Å². The molecule has 3 heteroatoms. The fourth-order valence-electron chi connectivity index (χ4n) is 1.94. The predicted octanol–water partition coefficient (Wildman–Crippen LogP) is 2.68. The first-order chi connectivity index (χ1) is 7.63. The van der Waals surface area contributed by atoms with Gasteiger partial charge in [0.15, 0.2) is 0 Å². The smallest absolute Gasteiger partial charge is 0.141 e. The molecule has 0 radical (unpaired) electrons. The van der Waals surface area contributed by atoms with Gasteiger partial charge in [-0.2, -0.15) is 0 Å². The number of ether oxygens (including phenoxy) is 1. The van der Waals surface area contributed by atoms with Crippen molar-refractivity contribution in [3.8, 4) is 11.4 Å². The summed E-state index contributed by atoms with van der Waals surface area (Å²) in [6.07, 6.45) is 0. The molecule has 1 aromatic heterocycles. The van der Waals surface area contributed by atoms with E-state index in [-0.39, 0.29) is 0 Å². The summed E-state index contributed by atoms with van der Waals surface area (Å²) in [6.45, 7) is 4.15. The molecule has 0 aliphatic rings. The minimum absolute atomic E-state index is 0.660. The largest absolute Gasteiger partial charge is 0.495 e. The average molecular weight is 216 g/mol. The zero-order valence-electron chi connectivity index (χ0n) is 9.82. The van der Waals surface area contributed by atoms with Gasteiger partial charge in [-0.1, -0.05) is 0 Å². The second kappa shape index (κ2) is 3.93. The Hall–Kier alpha value is -1.90. The first-order valence-electron chi connectivity index (χ1n) is 5.22. The summed E-state index contributed by atoms with van der Waals surface area (Å²) in [7, 11) is 1.62. The second-order valence-electron chi connectivity index (χ2n) is 3.88. The molecule has 0 atom stereocenters. The highest BCUT2D eigenvalue weighted by molar-refractivity contribution is 5.58. The highest BCUT2D eigenvalue weighted by Crippen LogP contribution is 2.25. The number of anilines is 1. The van der Waals surface area contributed by atoms with Crippen LogP contribution in [0.2, 0.25) is 0 Å². The fraction of sp³-hybridized carbons (Fsp3) is 0.231. The molecule has 16 heavy (non-hydrogen) atoms. The SMILES string of the molecule is COc1ccc(-n2c(C)ccc2C)cc1N. The van der Waals surface area contributed by atoms with Crippen molar-refractivity contribution in [2.24, 2.45) is 0 Å². The Kier molecular flexibility index (Phi) is 2.60. The molecule has 0 bridgehead atoms. The Morgan fingerprint density at radius 1 is 1.06 bits per heavy atom. The Morgan fingerprint density at radius 2 is 1.69 bits per heavy atom. The van der Waals surface area contributed by atoms with Crippen molar-refractivity contribution < 1.29 is 4.74 Å². The number of nitrogens with two attached hydrogens (primary N) is 1. The molecule has 0 fully saturated rings. The van der Waals surface area contributed by atoms with Crippen molar-refractivity contribution in [2.45, 2.75) is 13.8 Å². The van der Waals surface area contributed by atoms with E-state index < -0.39 is 0 Å². The number of aryl methyl sites for hydroxylation is 2. The van der Waals surface area contributed by atoms with E-state index in [1.165, 1.54) is 11.4 Å². The normalized spacial score (nSPS) is 10.4. The third kappa shape index (κ3) is 1.65. The molecule has 84 valence electrons. The second-order valence-corrected chi connectivity index (χ2v) is 3.88. The number of hydrogen-bond donors (Lipinski definition) is 1. The molecule has 1 heterocycles. The minimum Gasteiger partial charge on any atom is -0.495 e. The maximum atomic E-state index is 5.90. The summed E-state index contributed by atoms with van der Waals surface area (Å²) in [4.78, 5) is 0. The van der Waals surface area contributed by atoms with E-state index in [0.717, 1.165) is 5.69 Å². The van der Waals surface area contributed by atoms with Crippen molar-refractivity contribution in [1.29, 1.82) is 0 Å². The van der Waals surface area contributed by atoms with Gasteiger partial charge in [-0.25, -0.2) is 0 Å². The summed E-state index contributed by atoms with van der Waals surface area (Å²) < 4.78 is 7.31. The highest BCUT2D eigenvalue weighted by atomic mass is 16.5. The van der Waals surface area contributed by atoms with Crippen LogP contribution in [0.4, 0.5) is 5.69 Å². The third-order valence-corrected chi connectivity index (χ3v) is 2.74. The van der Waals surface area contributed by atoms with E-state index in [4.69, 9.17) is 10.5 Å². The van der Waals surface area contributed by atoms with E-state index in [0.29, 0.717) is 11.4 Å². The van der Waals surface area contributed by atoms with E-state index in [1.807, 2.05) is 18.2 Å². The molecule has 1 aromatic carbocycles. The summed E-state index contributed by atoms with van der Waals surface area (Å²) in [5, 5.41) is 0. The molecule has 0 aliphatic heterocycles. The molecule has 0 spiro atoms. The van der Waals surface area contributed by atoms with Crippen LogP contribution in [-0.2, 0) is 0 Å². The number of nitrogens with zero attached hydrogens (tertiary/aromatic N) is 1. The lowest BCUT2D eigenvalue weighted by atomic mass is 10.2. The lowest BCUT2D eigenvalue weighted by Gasteiger charge is -2.12. The lowest BCUT2D eigenvalue weighted by molar-refractivity contribution is 0.417. The average Bonchev–Trinajstić information content (AvgIpc) is 2.58. The van der Waals surface area contributed by atoms with Crippen LogP contribution in [0, 0.1) is 13.8 Å². The van der Waals surface area contributed by atoms with Crippen molar-refractivity contribution in [1.82, 2.24) is 4.57 Å². The maximum Gasteiger partial charge on any atom is 0.141 e. The molecule has 2 rings (SSSR count). The van der Waals surface area contributed by atoms with Gasteiger partial charge in [0.2, 0.25) is 0 Å². The minimum atomic E-state index is 0.660. The maximum absolute atomic E-state index is 5.90. The van der Waals surface area contributed by atoms with Crippen LogP contribution < -0.4 is 10.5 Å². The molecular formula is C13H16N2O. The topological polar surface area (TPSA) is 40.2 Å². The van der Waals surface area contributed by atoms with Gasteiger partial charge in [0.05, 0.1) is 12.8 Å². The van der Waals surface area contributed by atoms with Gasteiger partial charge in [-0.3, -0.25) is 0 Å². The van der Waals surface area contributed by atoms with Gasteiger partial charge in [0.25, 0.3) is 0 Å². The number of hydrogen-bond acceptors (Lipinski definition) is 2. The summed E-state index contributed by atoms with van der Waals surface area (Å²) >= 11 is 0. The van der Waals surface area contributed by atoms with Gasteiger partial charge in [0, 0.05) is 17.1 Å². The van der Waals surface area contributed by atoms with Crippen LogP contribution in [0.25, 0.3) is 5.69 Å². The number of rotatable bonds is 2. The third-order valence-electron chi connectivity index (χ3n) is 2.74.